The Morgan fingerprint density at radius 2 is 1.58 bits per heavy atom. The van der Waals surface area contributed by atoms with E-state index in [0.29, 0.717) is 75.8 Å². The van der Waals surface area contributed by atoms with Crippen molar-refractivity contribution >= 4 is 5.97 Å². The highest BCUT2D eigenvalue weighted by Gasteiger charge is 2.33. The highest BCUT2D eigenvalue weighted by molar-refractivity contribution is 5.88. The molecule has 0 saturated heterocycles. The molecule has 0 aromatic heterocycles. The van der Waals surface area contributed by atoms with Crippen LogP contribution in [0.15, 0.2) is 11.6 Å². The van der Waals surface area contributed by atoms with E-state index in [-0.39, 0.29) is 18.1 Å². The second kappa shape index (κ2) is 19.1. The number of hydrogen-bond acceptors (Lipinski definition) is 7. The molecular formula is C29H54O7. The first kappa shape index (κ1) is 33.0. The first-order valence-electron chi connectivity index (χ1n) is 14.1. The number of aliphatic hydroxyl groups is 1. The zero-order valence-corrected chi connectivity index (χ0v) is 24.0. The molecular weight excluding hydrogens is 460 g/mol. The molecule has 6 atom stereocenters. The molecule has 0 aliphatic heterocycles. The average Bonchev–Trinajstić information content (AvgIpc) is 2.83. The molecule has 0 radical (unpaired) electrons. The summed E-state index contributed by atoms with van der Waals surface area (Å²) in [5, 5.41) is 10.8. The summed E-state index contributed by atoms with van der Waals surface area (Å²) in [4.78, 5) is 12.7. The summed E-state index contributed by atoms with van der Waals surface area (Å²) in [6.07, 6.45) is 5.85. The summed E-state index contributed by atoms with van der Waals surface area (Å²) < 4.78 is 29.0. The van der Waals surface area contributed by atoms with Crippen molar-refractivity contribution < 1.29 is 33.6 Å². The Balaban J connectivity index is 3.31. The fraction of sp³-hybridized carbons (Fsp3) is 0.897. The predicted octanol–water partition coefficient (Wildman–Crippen LogP) is 5.19. The minimum Gasteiger partial charge on any atom is -0.466 e. The lowest BCUT2D eigenvalue weighted by molar-refractivity contribution is -0.137. The maximum Gasteiger partial charge on any atom is 0.333 e. The lowest BCUT2D eigenvalue weighted by Crippen LogP contribution is -2.37. The van der Waals surface area contributed by atoms with Crippen molar-refractivity contribution in [3.8, 4) is 0 Å². The molecule has 212 valence electrons. The van der Waals surface area contributed by atoms with Crippen LogP contribution >= 0.6 is 0 Å². The van der Waals surface area contributed by atoms with Crippen LogP contribution < -0.4 is 0 Å². The molecule has 1 aliphatic rings. The van der Waals surface area contributed by atoms with Gasteiger partial charge in [-0.3, -0.25) is 0 Å². The highest BCUT2D eigenvalue weighted by atomic mass is 16.5. The molecule has 1 N–H and O–H groups in total. The number of hydrogen-bond donors (Lipinski definition) is 1. The number of aliphatic hydroxyl groups excluding tert-OH is 1. The van der Waals surface area contributed by atoms with Gasteiger partial charge in [0.15, 0.2) is 0 Å². The van der Waals surface area contributed by atoms with Gasteiger partial charge < -0.3 is 28.8 Å². The van der Waals surface area contributed by atoms with E-state index in [2.05, 4.69) is 27.7 Å². The smallest absolute Gasteiger partial charge is 0.333 e. The summed E-state index contributed by atoms with van der Waals surface area (Å²) in [6.45, 7) is 16.2. The maximum absolute atomic E-state index is 12.7. The molecule has 0 aromatic carbocycles. The topological polar surface area (TPSA) is 83.5 Å². The fourth-order valence-electron chi connectivity index (χ4n) is 5.10. The molecule has 0 amide bonds. The summed E-state index contributed by atoms with van der Waals surface area (Å²) in [7, 11) is 1.39. The first-order valence-corrected chi connectivity index (χ1v) is 14.1. The SMILES string of the molecule is CCOCCOC1C[C@H](C(C)C)[C@H](OCCOCC)C/C(C(=O)OC)=C\C(O)C[C@H](C)CCC[C@@H]1C. The third-order valence-corrected chi connectivity index (χ3v) is 7.26. The number of methoxy groups -OCH3 is 1. The minimum absolute atomic E-state index is 0.0743. The van der Waals surface area contributed by atoms with Gasteiger partial charge in [0.05, 0.1) is 51.8 Å². The van der Waals surface area contributed by atoms with Gasteiger partial charge in [-0.2, -0.15) is 0 Å². The summed E-state index contributed by atoms with van der Waals surface area (Å²) in [5.41, 5.74) is 0.475. The van der Waals surface area contributed by atoms with E-state index in [1.165, 1.54) is 7.11 Å². The van der Waals surface area contributed by atoms with Crippen LogP contribution in [0.5, 0.6) is 0 Å². The number of esters is 1. The van der Waals surface area contributed by atoms with Crippen molar-refractivity contribution in [2.75, 3.05) is 46.8 Å². The van der Waals surface area contributed by atoms with Crippen LogP contribution in [0.2, 0.25) is 0 Å². The fourth-order valence-corrected chi connectivity index (χ4v) is 5.10. The third-order valence-electron chi connectivity index (χ3n) is 7.26. The molecule has 0 heterocycles. The van der Waals surface area contributed by atoms with E-state index in [0.717, 1.165) is 25.7 Å². The Labute approximate surface area is 220 Å². The van der Waals surface area contributed by atoms with Crippen LogP contribution in [-0.2, 0) is 28.5 Å². The van der Waals surface area contributed by atoms with Crippen molar-refractivity contribution in [3.05, 3.63) is 11.6 Å². The molecule has 7 heteroatoms. The molecule has 0 spiro atoms. The molecule has 1 aliphatic carbocycles. The minimum atomic E-state index is -0.689. The van der Waals surface area contributed by atoms with Crippen molar-refractivity contribution in [1.29, 1.82) is 0 Å². The van der Waals surface area contributed by atoms with Crippen LogP contribution in [0.4, 0.5) is 0 Å². The zero-order chi connectivity index (χ0) is 26.9. The van der Waals surface area contributed by atoms with Crippen LogP contribution in [-0.4, -0.2) is 76.1 Å². The van der Waals surface area contributed by atoms with Gasteiger partial charge in [-0.15, -0.1) is 0 Å². The molecule has 36 heavy (non-hydrogen) atoms. The second-order valence-electron chi connectivity index (χ2n) is 10.6. The van der Waals surface area contributed by atoms with Gasteiger partial charge in [-0.05, 0) is 62.9 Å². The summed E-state index contributed by atoms with van der Waals surface area (Å²) in [6, 6.07) is 0. The van der Waals surface area contributed by atoms with Crippen molar-refractivity contribution in [3.63, 3.8) is 0 Å². The molecule has 1 rings (SSSR count). The van der Waals surface area contributed by atoms with Gasteiger partial charge in [0.1, 0.15) is 0 Å². The number of rotatable bonds is 12. The van der Waals surface area contributed by atoms with E-state index in [9.17, 15) is 9.90 Å². The van der Waals surface area contributed by atoms with Crippen LogP contribution in [0.25, 0.3) is 0 Å². The molecule has 2 unspecified atom stereocenters. The van der Waals surface area contributed by atoms with Crippen LogP contribution in [0.1, 0.15) is 80.1 Å². The number of ether oxygens (including phenoxy) is 5. The van der Waals surface area contributed by atoms with Gasteiger partial charge in [-0.1, -0.05) is 40.5 Å². The van der Waals surface area contributed by atoms with E-state index in [4.69, 9.17) is 23.7 Å². The Morgan fingerprint density at radius 3 is 2.14 bits per heavy atom. The summed E-state index contributed by atoms with van der Waals surface area (Å²) >= 11 is 0. The van der Waals surface area contributed by atoms with E-state index in [1.807, 2.05) is 13.8 Å². The van der Waals surface area contributed by atoms with Crippen LogP contribution in [0.3, 0.4) is 0 Å². The molecule has 0 bridgehead atoms. The van der Waals surface area contributed by atoms with E-state index < -0.39 is 12.1 Å². The van der Waals surface area contributed by atoms with Crippen LogP contribution in [0, 0.1) is 23.7 Å². The van der Waals surface area contributed by atoms with Crippen molar-refractivity contribution in [2.24, 2.45) is 23.7 Å². The first-order chi connectivity index (χ1) is 17.2. The zero-order valence-electron chi connectivity index (χ0n) is 24.0. The van der Waals surface area contributed by atoms with Gasteiger partial charge in [0.25, 0.3) is 0 Å². The second-order valence-corrected chi connectivity index (χ2v) is 10.6. The quantitative estimate of drug-likeness (QED) is 0.283. The molecule has 0 aromatic rings. The maximum atomic E-state index is 12.7. The molecule has 0 fully saturated rings. The van der Waals surface area contributed by atoms with E-state index in [1.54, 1.807) is 6.08 Å². The van der Waals surface area contributed by atoms with Gasteiger partial charge >= 0.3 is 5.97 Å². The predicted molar refractivity (Wildman–Crippen MR) is 143 cm³/mol. The Bertz CT molecular complexity index is 606. The number of carbonyl (C=O) groups is 1. The van der Waals surface area contributed by atoms with Crippen molar-refractivity contribution in [1.82, 2.24) is 0 Å². The Kier molecular flexibility index (Phi) is 17.6. The van der Waals surface area contributed by atoms with Crippen molar-refractivity contribution in [2.45, 2.75) is 98.4 Å². The third kappa shape index (κ3) is 13.0. The lowest BCUT2D eigenvalue weighted by Gasteiger charge is -2.36. The monoisotopic (exact) mass is 514 g/mol. The Hall–Kier alpha value is -0.990. The van der Waals surface area contributed by atoms with Gasteiger partial charge in [-0.25, -0.2) is 4.79 Å². The van der Waals surface area contributed by atoms with Gasteiger partial charge in [0.2, 0.25) is 0 Å². The standard InChI is InChI=1S/C29H54O7/c1-8-33-13-15-35-27-20-26(21(3)4)28(36-16-14-34-9-2)19-24(29(31)32-7)18-25(30)17-22(5)11-10-12-23(27)6/h18,21-23,25-28,30H,8-17,19-20H2,1-7H3/b24-18+/t22-,23+,25?,26-,27?,28-/m1/s1. The Morgan fingerprint density at radius 1 is 0.972 bits per heavy atom. The molecule has 0 saturated carbocycles. The van der Waals surface area contributed by atoms with E-state index >= 15 is 0 Å². The largest absolute Gasteiger partial charge is 0.466 e. The highest BCUT2D eigenvalue weighted by Crippen LogP contribution is 2.33. The summed E-state index contributed by atoms with van der Waals surface area (Å²) in [5.74, 6) is 0.784. The number of carbonyl (C=O) groups excluding carboxylic acids is 1. The average molecular weight is 515 g/mol. The van der Waals surface area contributed by atoms with Gasteiger partial charge in [0, 0.05) is 25.2 Å². The lowest BCUT2D eigenvalue weighted by atomic mass is 9.79. The normalized spacial score (nSPS) is 30.4. The molecule has 7 nitrogen and oxygen atoms in total.